The van der Waals surface area contributed by atoms with Crippen molar-refractivity contribution in [1.82, 2.24) is 4.90 Å². The van der Waals surface area contributed by atoms with E-state index in [4.69, 9.17) is 5.73 Å². The van der Waals surface area contributed by atoms with Gasteiger partial charge in [0.05, 0.1) is 4.05 Å². The molecule has 1 rings (SSSR count). The van der Waals surface area contributed by atoms with Crippen LogP contribution in [0, 0.1) is 0 Å². The van der Waals surface area contributed by atoms with E-state index in [-0.39, 0.29) is 0 Å². The zero-order valence-corrected chi connectivity index (χ0v) is 7.84. The van der Waals surface area contributed by atoms with Crippen molar-refractivity contribution in [2.24, 2.45) is 5.73 Å². The SMILES string of the molecule is CC(I)N1CCC(N)C1. The molecule has 0 aromatic rings. The van der Waals surface area contributed by atoms with Gasteiger partial charge in [-0.15, -0.1) is 0 Å². The molecule has 0 aromatic heterocycles. The number of halogens is 1. The van der Waals surface area contributed by atoms with Crippen LogP contribution in [0.4, 0.5) is 0 Å². The van der Waals surface area contributed by atoms with Crippen molar-refractivity contribution in [3.63, 3.8) is 0 Å². The van der Waals surface area contributed by atoms with Gasteiger partial charge in [-0.2, -0.15) is 0 Å². The molecule has 0 bridgehead atoms. The molecule has 0 spiro atoms. The highest BCUT2D eigenvalue weighted by molar-refractivity contribution is 14.1. The maximum absolute atomic E-state index is 5.72. The molecule has 2 unspecified atom stereocenters. The first kappa shape index (κ1) is 7.75. The molecule has 1 heterocycles. The first-order valence-corrected chi connectivity index (χ1v) is 4.58. The molecule has 9 heavy (non-hydrogen) atoms. The highest BCUT2D eigenvalue weighted by atomic mass is 127. The van der Waals surface area contributed by atoms with Crippen LogP contribution < -0.4 is 5.73 Å². The Kier molecular flexibility index (Phi) is 2.73. The molecule has 1 aliphatic heterocycles. The summed E-state index contributed by atoms with van der Waals surface area (Å²) in [7, 11) is 0. The minimum absolute atomic E-state index is 0.433. The first-order valence-electron chi connectivity index (χ1n) is 3.34. The monoisotopic (exact) mass is 240 g/mol. The first-order chi connectivity index (χ1) is 4.20. The summed E-state index contributed by atoms with van der Waals surface area (Å²) in [5.41, 5.74) is 5.72. The Labute approximate surface area is 69.9 Å². The molecular formula is C6H13IN2. The van der Waals surface area contributed by atoms with Gasteiger partial charge in [0, 0.05) is 19.1 Å². The van der Waals surface area contributed by atoms with Crippen molar-refractivity contribution in [1.29, 1.82) is 0 Å². The fourth-order valence-corrected chi connectivity index (χ4v) is 1.64. The van der Waals surface area contributed by atoms with Crippen molar-refractivity contribution in [3.8, 4) is 0 Å². The largest absolute Gasteiger partial charge is 0.326 e. The number of hydrogen-bond acceptors (Lipinski definition) is 2. The zero-order valence-electron chi connectivity index (χ0n) is 5.68. The summed E-state index contributed by atoms with van der Waals surface area (Å²) < 4.78 is 0.649. The molecule has 3 heteroatoms. The number of nitrogens with two attached hydrogens (primary N) is 1. The van der Waals surface area contributed by atoms with Gasteiger partial charge in [-0.3, -0.25) is 4.90 Å². The van der Waals surface area contributed by atoms with Crippen molar-refractivity contribution < 1.29 is 0 Å². The molecule has 1 saturated heterocycles. The second-order valence-corrected chi connectivity index (χ2v) is 4.42. The number of nitrogens with zero attached hydrogens (tertiary/aromatic N) is 1. The molecule has 0 aliphatic carbocycles. The third-order valence-electron chi connectivity index (χ3n) is 1.76. The third-order valence-corrected chi connectivity index (χ3v) is 2.55. The fraction of sp³-hybridized carbons (Fsp3) is 1.00. The molecule has 0 saturated carbocycles. The molecule has 0 radical (unpaired) electrons. The summed E-state index contributed by atoms with van der Waals surface area (Å²) in [6, 6.07) is 0.433. The summed E-state index contributed by atoms with van der Waals surface area (Å²) in [5, 5.41) is 0. The van der Waals surface area contributed by atoms with Crippen molar-refractivity contribution >= 4 is 22.6 Å². The number of alkyl halides is 1. The van der Waals surface area contributed by atoms with Crippen LogP contribution in [-0.4, -0.2) is 28.1 Å². The van der Waals surface area contributed by atoms with Crippen LogP contribution >= 0.6 is 22.6 Å². The minimum Gasteiger partial charge on any atom is -0.326 e. The molecule has 1 fully saturated rings. The highest BCUT2D eigenvalue weighted by Crippen LogP contribution is 2.14. The third kappa shape index (κ3) is 2.05. The van der Waals surface area contributed by atoms with Crippen LogP contribution in [0.1, 0.15) is 13.3 Å². The maximum Gasteiger partial charge on any atom is 0.0590 e. The second-order valence-electron chi connectivity index (χ2n) is 2.62. The van der Waals surface area contributed by atoms with E-state index in [1.165, 1.54) is 13.0 Å². The number of hydrogen-bond donors (Lipinski definition) is 1. The quantitative estimate of drug-likeness (QED) is 0.417. The zero-order chi connectivity index (χ0) is 6.85. The van der Waals surface area contributed by atoms with Crippen molar-refractivity contribution in [2.75, 3.05) is 13.1 Å². The normalized spacial score (nSPS) is 33.0. The van der Waals surface area contributed by atoms with Gasteiger partial charge >= 0.3 is 0 Å². The smallest absolute Gasteiger partial charge is 0.0590 e. The van der Waals surface area contributed by atoms with E-state index in [0.717, 1.165) is 6.54 Å². The Morgan fingerprint density at radius 2 is 2.44 bits per heavy atom. The molecule has 2 nitrogen and oxygen atoms in total. The second kappa shape index (κ2) is 3.16. The maximum atomic E-state index is 5.72. The Bertz CT molecular complexity index is 95.1. The van der Waals surface area contributed by atoms with Crippen LogP contribution in [0.3, 0.4) is 0 Å². The van der Waals surface area contributed by atoms with Crippen LogP contribution in [-0.2, 0) is 0 Å². The van der Waals surface area contributed by atoms with E-state index >= 15 is 0 Å². The number of rotatable bonds is 1. The van der Waals surface area contributed by atoms with Crippen LogP contribution in [0.2, 0.25) is 0 Å². The van der Waals surface area contributed by atoms with Crippen molar-refractivity contribution in [2.45, 2.75) is 23.4 Å². The lowest BCUT2D eigenvalue weighted by Gasteiger charge is -2.17. The minimum atomic E-state index is 0.433. The van der Waals surface area contributed by atoms with E-state index in [9.17, 15) is 0 Å². The lowest BCUT2D eigenvalue weighted by Crippen LogP contribution is -2.29. The van der Waals surface area contributed by atoms with Crippen LogP contribution in [0.5, 0.6) is 0 Å². The van der Waals surface area contributed by atoms with Crippen molar-refractivity contribution in [3.05, 3.63) is 0 Å². The van der Waals surface area contributed by atoms with E-state index in [1.807, 2.05) is 0 Å². The molecular weight excluding hydrogens is 227 g/mol. The standard InChI is InChI=1S/C6H13IN2/c1-5(7)9-3-2-6(8)4-9/h5-6H,2-4,8H2,1H3. The number of likely N-dealkylation sites (tertiary alicyclic amines) is 1. The summed E-state index contributed by atoms with van der Waals surface area (Å²) in [6.07, 6.45) is 1.17. The molecule has 2 N–H and O–H groups in total. The van der Waals surface area contributed by atoms with Gasteiger partial charge < -0.3 is 5.73 Å². The van der Waals surface area contributed by atoms with E-state index in [0.29, 0.717) is 10.1 Å². The average molecular weight is 240 g/mol. The van der Waals surface area contributed by atoms with E-state index in [2.05, 4.69) is 34.4 Å². The lowest BCUT2D eigenvalue weighted by molar-refractivity contribution is 0.340. The summed E-state index contributed by atoms with van der Waals surface area (Å²) in [4.78, 5) is 2.41. The molecule has 1 aliphatic rings. The Balaban J connectivity index is 2.30. The van der Waals surface area contributed by atoms with Gasteiger partial charge in [0.25, 0.3) is 0 Å². The van der Waals surface area contributed by atoms with Gasteiger partial charge in [-0.25, -0.2) is 0 Å². The predicted molar refractivity (Wildman–Crippen MR) is 47.6 cm³/mol. The summed E-state index contributed by atoms with van der Waals surface area (Å²) in [5.74, 6) is 0. The van der Waals surface area contributed by atoms with E-state index in [1.54, 1.807) is 0 Å². The topological polar surface area (TPSA) is 29.3 Å². The molecule has 0 amide bonds. The molecule has 0 aromatic carbocycles. The van der Waals surface area contributed by atoms with Gasteiger partial charge in [0.15, 0.2) is 0 Å². The van der Waals surface area contributed by atoms with Crippen LogP contribution in [0.25, 0.3) is 0 Å². The highest BCUT2D eigenvalue weighted by Gasteiger charge is 2.21. The summed E-state index contributed by atoms with van der Waals surface area (Å²) >= 11 is 2.42. The summed E-state index contributed by atoms with van der Waals surface area (Å²) in [6.45, 7) is 4.48. The fourth-order valence-electron chi connectivity index (χ4n) is 1.14. The average Bonchev–Trinajstić information content (AvgIpc) is 2.14. The van der Waals surface area contributed by atoms with E-state index < -0.39 is 0 Å². The van der Waals surface area contributed by atoms with Gasteiger partial charge in [-0.05, 0) is 13.3 Å². The molecule has 2 atom stereocenters. The Morgan fingerprint density at radius 3 is 2.67 bits per heavy atom. The van der Waals surface area contributed by atoms with Gasteiger partial charge in [-0.1, -0.05) is 22.6 Å². The van der Waals surface area contributed by atoms with Gasteiger partial charge in [0.1, 0.15) is 0 Å². The predicted octanol–water partition coefficient (Wildman–Crippen LogP) is 0.800. The lowest BCUT2D eigenvalue weighted by atomic mass is 10.3. The molecule has 54 valence electrons. The van der Waals surface area contributed by atoms with Gasteiger partial charge in [0.2, 0.25) is 0 Å². The Hall–Kier alpha value is 0.650. The Morgan fingerprint density at radius 1 is 1.78 bits per heavy atom. The van der Waals surface area contributed by atoms with Crippen LogP contribution in [0.15, 0.2) is 0 Å².